The number of carbonyl (C=O) groups excluding carboxylic acids is 3. The monoisotopic (exact) mass is 461 g/mol. The number of anilines is 2. The van der Waals surface area contributed by atoms with Gasteiger partial charge in [-0.25, -0.2) is 4.79 Å². The molecule has 0 spiro atoms. The van der Waals surface area contributed by atoms with E-state index in [4.69, 9.17) is 4.74 Å². The first-order valence-electron chi connectivity index (χ1n) is 11.1. The van der Waals surface area contributed by atoms with E-state index >= 15 is 0 Å². The number of rotatable bonds is 5. The van der Waals surface area contributed by atoms with Crippen molar-refractivity contribution in [2.24, 2.45) is 13.0 Å². The van der Waals surface area contributed by atoms with Crippen LogP contribution in [0.2, 0.25) is 0 Å². The summed E-state index contributed by atoms with van der Waals surface area (Å²) in [5.74, 6) is 0.179. The van der Waals surface area contributed by atoms with E-state index in [1.54, 1.807) is 28.8 Å². The zero-order valence-corrected chi connectivity index (χ0v) is 19.2. The van der Waals surface area contributed by atoms with Gasteiger partial charge in [0.1, 0.15) is 5.82 Å². The lowest BCUT2D eigenvalue weighted by molar-refractivity contribution is -0.121. The average molecular weight is 462 g/mol. The largest absolute Gasteiger partial charge is 0.453 e. The Kier molecular flexibility index (Phi) is 6.91. The molecule has 9 heteroatoms. The van der Waals surface area contributed by atoms with E-state index in [2.05, 4.69) is 15.7 Å². The molecule has 176 valence electrons. The zero-order chi connectivity index (χ0) is 24.1. The number of nitrogens with one attached hydrogen (secondary N) is 2. The normalized spacial score (nSPS) is 13.9. The van der Waals surface area contributed by atoms with E-state index < -0.39 is 0 Å². The maximum Gasteiger partial charge on any atom is 0.409 e. The minimum absolute atomic E-state index is 0.0546. The number of ether oxygens (including phenoxy) is 1. The Morgan fingerprint density at radius 3 is 2.29 bits per heavy atom. The number of aromatic nitrogens is 2. The molecule has 1 saturated heterocycles. The van der Waals surface area contributed by atoms with Crippen LogP contribution in [0, 0.1) is 5.92 Å². The molecule has 0 radical (unpaired) electrons. The summed E-state index contributed by atoms with van der Waals surface area (Å²) in [7, 11) is 3.13. The lowest BCUT2D eigenvalue weighted by Crippen LogP contribution is -2.41. The molecule has 2 aromatic carbocycles. The van der Waals surface area contributed by atoms with Gasteiger partial charge in [-0.15, -0.1) is 0 Å². The van der Waals surface area contributed by atoms with Crippen molar-refractivity contribution in [1.29, 1.82) is 0 Å². The maximum absolute atomic E-state index is 12.6. The van der Waals surface area contributed by atoms with Crippen molar-refractivity contribution in [2.75, 3.05) is 30.8 Å². The number of nitrogens with zero attached hydrogens (tertiary/aromatic N) is 3. The maximum atomic E-state index is 12.6. The van der Waals surface area contributed by atoms with E-state index in [0.29, 0.717) is 48.7 Å². The number of carbonyl (C=O) groups is 3. The molecule has 0 atom stereocenters. The van der Waals surface area contributed by atoms with Gasteiger partial charge >= 0.3 is 6.09 Å². The van der Waals surface area contributed by atoms with Gasteiger partial charge in [0, 0.05) is 48.9 Å². The summed E-state index contributed by atoms with van der Waals surface area (Å²) in [4.78, 5) is 38.3. The molecular weight excluding hydrogens is 434 g/mol. The lowest BCUT2D eigenvalue weighted by atomic mass is 9.96. The van der Waals surface area contributed by atoms with E-state index in [-0.39, 0.29) is 23.8 Å². The Morgan fingerprint density at radius 1 is 0.971 bits per heavy atom. The van der Waals surface area contributed by atoms with Crippen molar-refractivity contribution >= 4 is 29.4 Å². The minimum atomic E-state index is -0.355. The number of likely N-dealkylation sites (tertiary alicyclic amines) is 1. The van der Waals surface area contributed by atoms with Crippen molar-refractivity contribution in [1.82, 2.24) is 14.7 Å². The van der Waals surface area contributed by atoms with Gasteiger partial charge in [0.15, 0.2) is 0 Å². The highest BCUT2D eigenvalue weighted by Crippen LogP contribution is 2.25. The van der Waals surface area contributed by atoms with Crippen LogP contribution in [0.1, 0.15) is 23.2 Å². The van der Waals surface area contributed by atoms with Crippen molar-refractivity contribution in [3.63, 3.8) is 0 Å². The Balaban J connectivity index is 1.36. The van der Waals surface area contributed by atoms with Crippen molar-refractivity contribution in [3.05, 3.63) is 66.2 Å². The smallest absolute Gasteiger partial charge is 0.409 e. The molecular formula is C25H27N5O4. The molecule has 0 saturated carbocycles. The molecule has 3 amide bonds. The fourth-order valence-corrected chi connectivity index (χ4v) is 3.93. The Labute approximate surface area is 197 Å². The molecule has 1 aliphatic heterocycles. The highest BCUT2D eigenvalue weighted by atomic mass is 16.5. The fourth-order valence-electron chi connectivity index (χ4n) is 3.93. The second-order valence-electron chi connectivity index (χ2n) is 8.16. The molecule has 3 aromatic rings. The Bertz CT molecular complexity index is 1170. The molecule has 4 rings (SSSR count). The number of piperidine rings is 1. The number of benzene rings is 2. The first-order chi connectivity index (χ1) is 16.4. The third kappa shape index (κ3) is 5.25. The molecule has 0 unspecified atom stereocenters. The standard InChI is InChI=1S/C25H27N5O4/c1-29-22(27-24(32)18-6-4-3-5-7-18)16-21(28-29)17-8-10-20(11-9-17)26-23(31)19-12-14-30(15-13-19)25(33)34-2/h3-11,16,19H,12-15H2,1-2H3,(H,26,31)(H,27,32). The first-order valence-corrected chi connectivity index (χ1v) is 11.1. The van der Waals surface area contributed by atoms with Crippen molar-refractivity contribution in [2.45, 2.75) is 12.8 Å². The van der Waals surface area contributed by atoms with Crippen LogP contribution in [0.5, 0.6) is 0 Å². The predicted molar refractivity (Wildman–Crippen MR) is 128 cm³/mol. The van der Waals surface area contributed by atoms with Gasteiger partial charge in [-0.05, 0) is 37.1 Å². The molecule has 34 heavy (non-hydrogen) atoms. The van der Waals surface area contributed by atoms with Gasteiger partial charge in [0.05, 0.1) is 12.8 Å². The van der Waals surface area contributed by atoms with Gasteiger partial charge in [-0.1, -0.05) is 30.3 Å². The molecule has 1 aliphatic rings. The molecule has 2 heterocycles. The first kappa shape index (κ1) is 23.0. The summed E-state index contributed by atoms with van der Waals surface area (Å²) in [5, 5.41) is 10.3. The quantitative estimate of drug-likeness (QED) is 0.602. The zero-order valence-electron chi connectivity index (χ0n) is 19.2. The molecule has 1 aromatic heterocycles. The fraction of sp³-hybridized carbons (Fsp3) is 0.280. The van der Waals surface area contributed by atoms with E-state index in [0.717, 1.165) is 5.56 Å². The van der Waals surface area contributed by atoms with Gasteiger partial charge in [-0.2, -0.15) is 5.10 Å². The minimum Gasteiger partial charge on any atom is -0.453 e. The number of methoxy groups -OCH3 is 1. The summed E-state index contributed by atoms with van der Waals surface area (Å²) in [6.07, 6.45) is 0.848. The summed E-state index contributed by atoms with van der Waals surface area (Å²) >= 11 is 0. The van der Waals surface area contributed by atoms with Gasteiger partial charge in [0.25, 0.3) is 5.91 Å². The van der Waals surface area contributed by atoms with Crippen LogP contribution in [0.25, 0.3) is 11.3 Å². The molecule has 0 aliphatic carbocycles. The van der Waals surface area contributed by atoms with Crippen molar-refractivity contribution < 1.29 is 19.1 Å². The average Bonchev–Trinajstić information content (AvgIpc) is 3.24. The molecule has 9 nitrogen and oxygen atoms in total. The second-order valence-corrected chi connectivity index (χ2v) is 8.16. The van der Waals surface area contributed by atoms with E-state index in [1.807, 2.05) is 48.5 Å². The summed E-state index contributed by atoms with van der Waals surface area (Å²) in [6, 6.07) is 18.2. The van der Waals surface area contributed by atoms with Crippen LogP contribution in [0.15, 0.2) is 60.7 Å². The second kappa shape index (κ2) is 10.2. The SMILES string of the molecule is COC(=O)N1CCC(C(=O)Nc2ccc(-c3cc(NC(=O)c4ccccc4)n(C)n3)cc2)CC1. The van der Waals surface area contributed by atoms with E-state index in [1.165, 1.54) is 7.11 Å². The molecule has 1 fully saturated rings. The van der Waals surface area contributed by atoms with Gasteiger partial charge < -0.3 is 20.3 Å². The van der Waals surface area contributed by atoms with Crippen molar-refractivity contribution in [3.8, 4) is 11.3 Å². The van der Waals surface area contributed by atoms with E-state index in [9.17, 15) is 14.4 Å². The van der Waals surface area contributed by atoms with Crippen LogP contribution in [-0.4, -0.2) is 52.8 Å². The Hall–Kier alpha value is -4.14. The summed E-state index contributed by atoms with van der Waals surface area (Å²) in [5.41, 5.74) is 2.83. The number of hydrogen-bond donors (Lipinski definition) is 2. The van der Waals surface area contributed by atoms with Crippen LogP contribution in [0.4, 0.5) is 16.3 Å². The highest BCUT2D eigenvalue weighted by molar-refractivity contribution is 6.04. The van der Waals surface area contributed by atoms with Crippen LogP contribution < -0.4 is 10.6 Å². The van der Waals surface area contributed by atoms with Crippen LogP contribution in [-0.2, 0) is 16.6 Å². The third-order valence-corrected chi connectivity index (χ3v) is 5.90. The van der Waals surface area contributed by atoms with Gasteiger partial charge in [0.2, 0.25) is 5.91 Å². The lowest BCUT2D eigenvalue weighted by Gasteiger charge is -2.30. The topological polar surface area (TPSA) is 106 Å². The van der Waals surface area contributed by atoms with Crippen LogP contribution >= 0.6 is 0 Å². The Morgan fingerprint density at radius 2 is 1.65 bits per heavy atom. The predicted octanol–water partition coefficient (Wildman–Crippen LogP) is 3.76. The summed E-state index contributed by atoms with van der Waals surface area (Å²) in [6.45, 7) is 1.01. The summed E-state index contributed by atoms with van der Waals surface area (Å²) < 4.78 is 6.35. The molecule has 2 N–H and O–H groups in total. The highest BCUT2D eigenvalue weighted by Gasteiger charge is 2.27. The number of aryl methyl sites for hydroxylation is 1. The number of hydrogen-bond acceptors (Lipinski definition) is 5. The third-order valence-electron chi connectivity index (χ3n) is 5.90. The molecule has 0 bridgehead atoms. The number of amides is 3. The van der Waals surface area contributed by atoms with Gasteiger partial charge in [-0.3, -0.25) is 14.3 Å². The van der Waals surface area contributed by atoms with Crippen LogP contribution in [0.3, 0.4) is 0 Å².